The molecule has 3 heterocycles. The Kier molecular flexibility index (Phi) is 6.41. The molecule has 2 saturated heterocycles. The lowest BCUT2D eigenvalue weighted by atomic mass is 9.97. The first-order valence-corrected chi connectivity index (χ1v) is 8.55. The molecule has 0 spiro atoms. The molecule has 1 aromatic heterocycles. The summed E-state index contributed by atoms with van der Waals surface area (Å²) in [4.78, 5) is 14.5. The van der Waals surface area contributed by atoms with Crippen LogP contribution in [-0.2, 0) is 0 Å². The number of carbonyl (C=O) groups is 1. The Morgan fingerprint density at radius 2 is 2.09 bits per heavy atom. The number of piperidine rings is 1. The minimum absolute atomic E-state index is 0. The van der Waals surface area contributed by atoms with Gasteiger partial charge in [0.2, 0.25) is 0 Å². The van der Waals surface area contributed by atoms with Crippen molar-refractivity contribution in [3.8, 4) is 0 Å². The molecule has 2 aliphatic heterocycles. The van der Waals surface area contributed by atoms with Gasteiger partial charge in [-0.15, -0.1) is 17.5 Å². The van der Waals surface area contributed by atoms with Crippen molar-refractivity contribution in [3.63, 3.8) is 0 Å². The fourth-order valence-corrected chi connectivity index (χ4v) is 3.66. The monoisotopic (exact) mass is 341 g/mol. The molecule has 7 heteroatoms. The number of nitrogens with one attached hydrogen (secondary N) is 1. The lowest BCUT2D eigenvalue weighted by Crippen LogP contribution is -2.30. The Morgan fingerprint density at radius 1 is 1.35 bits per heavy atom. The minimum atomic E-state index is 0. The molecule has 1 aromatic rings. The zero-order valence-electron chi connectivity index (χ0n) is 14.1. The van der Waals surface area contributed by atoms with E-state index in [-0.39, 0.29) is 18.3 Å². The largest absolute Gasteiger partial charge is 0.337 e. The van der Waals surface area contributed by atoms with E-state index in [0.717, 1.165) is 45.4 Å². The van der Waals surface area contributed by atoms with Gasteiger partial charge in [-0.25, -0.2) is 4.68 Å². The molecule has 0 bridgehead atoms. The van der Waals surface area contributed by atoms with E-state index in [0.29, 0.717) is 23.6 Å². The molecule has 3 rings (SSSR count). The summed E-state index contributed by atoms with van der Waals surface area (Å²) < 4.78 is 1.88. The normalized spacial score (nSPS) is 22.4. The van der Waals surface area contributed by atoms with Crippen molar-refractivity contribution in [2.24, 2.45) is 11.8 Å². The average molecular weight is 342 g/mol. The quantitative estimate of drug-likeness (QED) is 0.911. The Morgan fingerprint density at radius 3 is 2.78 bits per heavy atom. The maximum atomic E-state index is 12.6. The number of halogens is 1. The van der Waals surface area contributed by atoms with Crippen LogP contribution in [0.25, 0.3) is 0 Å². The summed E-state index contributed by atoms with van der Waals surface area (Å²) in [5.41, 5.74) is 0.503. The summed E-state index contributed by atoms with van der Waals surface area (Å²) in [6, 6.07) is 0.377. The minimum Gasteiger partial charge on any atom is -0.337 e. The molecular formula is C16H28ClN5O. The number of nitrogens with zero attached hydrogens (tertiary/aromatic N) is 4. The second-order valence-corrected chi connectivity index (χ2v) is 7.10. The standard InChI is InChI=1S/C16H27N5O.ClH/c1-12(2)9-13-5-8-20(10-13)16(22)15-11-21(19-18-15)14-3-6-17-7-4-14;/h11-14,17H,3-10H2,1-2H3;1H. The van der Waals surface area contributed by atoms with Crippen molar-refractivity contribution in [2.75, 3.05) is 26.2 Å². The number of hydrogen-bond acceptors (Lipinski definition) is 4. The fraction of sp³-hybridized carbons (Fsp3) is 0.812. The molecule has 0 aromatic carbocycles. The number of carbonyl (C=O) groups excluding carboxylic acids is 1. The molecule has 6 nitrogen and oxygen atoms in total. The van der Waals surface area contributed by atoms with E-state index in [9.17, 15) is 4.79 Å². The Balaban J connectivity index is 0.00000192. The van der Waals surface area contributed by atoms with E-state index in [1.165, 1.54) is 6.42 Å². The topological polar surface area (TPSA) is 63.1 Å². The van der Waals surface area contributed by atoms with E-state index < -0.39 is 0 Å². The lowest BCUT2D eigenvalue weighted by molar-refractivity contribution is 0.0779. The van der Waals surface area contributed by atoms with Crippen LogP contribution < -0.4 is 5.32 Å². The van der Waals surface area contributed by atoms with Gasteiger partial charge < -0.3 is 10.2 Å². The smallest absolute Gasteiger partial charge is 0.276 e. The third-order valence-corrected chi connectivity index (χ3v) is 4.79. The summed E-state index contributed by atoms with van der Waals surface area (Å²) in [6.45, 7) is 8.24. The van der Waals surface area contributed by atoms with Crippen molar-refractivity contribution < 1.29 is 4.79 Å². The number of aromatic nitrogens is 3. The van der Waals surface area contributed by atoms with Crippen molar-refractivity contribution in [1.82, 2.24) is 25.2 Å². The SMILES string of the molecule is CC(C)CC1CCN(C(=O)c2cn(C3CCNCC3)nn2)C1.Cl. The molecule has 23 heavy (non-hydrogen) atoms. The molecule has 1 amide bonds. The van der Waals surface area contributed by atoms with Gasteiger partial charge in [0.15, 0.2) is 5.69 Å². The van der Waals surface area contributed by atoms with E-state index in [1.54, 1.807) is 0 Å². The lowest BCUT2D eigenvalue weighted by Gasteiger charge is -2.22. The number of amides is 1. The molecule has 1 unspecified atom stereocenters. The first-order valence-electron chi connectivity index (χ1n) is 8.55. The van der Waals surface area contributed by atoms with Crippen molar-refractivity contribution in [1.29, 1.82) is 0 Å². The van der Waals surface area contributed by atoms with Crippen LogP contribution in [-0.4, -0.2) is 52.0 Å². The first-order chi connectivity index (χ1) is 10.6. The number of rotatable bonds is 4. The molecule has 1 N–H and O–H groups in total. The molecular weight excluding hydrogens is 314 g/mol. The molecule has 130 valence electrons. The van der Waals surface area contributed by atoms with Crippen LogP contribution >= 0.6 is 12.4 Å². The Labute approximate surface area is 144 Å². The third kappa shape index (κ3) is 4.44. The second-order valence-electron chi connectivity index (χ2n) is 7.10. The highest BCUT2D eigenvalue weighted by Gasteiger charge is 2.29. The summed E-state index contributed by atoms with van der Waals surface area (Å²) in [5, 5.41) is 11.7. The van der Waals surface area contributed by atoms with Gasteiger partial charge in [-0.3, -0.25) is 4.79 Å². The van der Waals surface area contributed by atoms with E-state index in [2.05, 4.69) is 29.5 Å². The van der Waals surface area contributed by atoms with Crippen LogP contribution in [0.2, 0.25) is 0 Å². The van der Waals surface area contributed by atoms with Gasteiger partial charge in [0, 0.05) is 13.1 Å². The highest BCUT2D eigenvalue weighted by molar-refractivity contribution is 5.92. The molecule has 0 radical (unpaired) electrons. The van der Waals surface area contributed by atoms with Gasteiger partial charge in [-0.05, 0) is 50.6 Å². The van der Waals surface area contributed by atoms with Crippen LogP contribution in [0.15, 0.2) is 6.20 Å². The summed E-state index contributed by atoms with van der Waals surface area (Å²) >= 11 is 0. The molecule has 0 aliphatic carbocycles. The summed E-state index contributed by atoms with van der Waals surface area (Å²) in [5.74, 6) is 1.38. The zero-order chi connectivity index (χ0) is 15.5. The zero-order valence-corrected chi connectivity index (χ0v) is 14.9. The van der Waals surface area contributed by atoms with Gasteiger partial charge in [-0.2, -0.15) is 0 Å². The maximum absolute atomic E-state index is 12.6. The molecule has 2 aliphatic rings. The van der Waals surface area contributed by atoms with Crippen LogP contribution in [0.5, 0.6) is 0 Å². The summed E-state index contributed by atoms with van der Waals surface area (Å²) in [6.07, 6.45) is 6.26. The highest BCUT2D eigenvalue weighted by Crippen LogP contribution is 2.24. The Hall–Kier alpha value is -1.14. The van der Waals surface area contributed by atoms with Crippen LogP contribution in [0, 0.1) is 11.8 Å². The van der Waals surface area contributed by atoms with Gasteiger partial charge >= 0.3 is 0 Å². The Bertz CT molecular complexity index is 512. The van der Waals surface area contributed by atoms with Gasteiger partial charge in [0.1, 0.15) is 0 Å². The van der Waals surface area contributed by atoms with Crippen molar-refractivity contribution >= 4 is 18.3 Å². The number of hydrogen-bond donors (Lipinski definition) is 1. The molecule has 2 fully saturated rings. The highest BCUT2D eigenvalue weighted by atomic mass is 35.5. The van der Waals surface area contributed by atoms with Crippen LogP contribution in [0.1, 0.15) is 56.1 Å². The van der Waals surface area contributed by atoms with Crippen LogP contribution in [0.3, 0.4) is 0 Å². The van der Waals surface area contributed by atoms with E-state index in [4.69, 9.17) is 0 Å². The molecule has 0 saturated carbocycles. The second kappa shape index (κ2) is 8.11. The predicted molar refractivity (Wildman–Crippen MR) is 91.9 cm³/mol. The fourth-order valence-electron chi connectivity index (χ4n) is 3.66. The van der Waals surface area contributed by atoms with Crippen molar-refractivity contribution in [3.05, 3.63) is 11.9 Å². The van der Waals surface area contributed by atoms with Crippen molar-refractivity contribution in [2.45, 2.75) is 45.6 Å². The van der Waals surface area contributed by atoms with Gasteiger partial charge in [-0.1, -0.05) is 19.1 Å². The van der Waals surface area contributed by atoms with Gasteiger partial charge in [0.25, 0.3) is 5.91 Å². The predicted octanol–water partition coefficient (Wildman–Crippen LogP) is 2.13. The van der Waals surface area contributed by atoms with Gasteiger partial charge in [0.05, 0.1) is 12.2 Å². The number of likely N-dealkylation sites (tertiary alicyclic amines) is 1. The maximum Gasteiger partial charge on any atom is 0.276 e. The third-order valence-electron chi connectivity index (χ3n) is 4.79. The van der Waals surface area contributed by atoms with E-state index >= 15 is 0 Å². The molecule has 1 atom stereocenters. The van der Waals surface area contributed by atoms with E-state index in [1.807, 2.05) is 15.8 Å². The average Bonchev–Trinajstić information content (AvgIpc) is 3.16. The first kappa shape index (κ1) is 18.2. The van der Waals surface area contributed by atoms with Crippen LogP contribution in [0.4, 0.5) is 0 Å². The summed E-state index contributed by atoms with van der Waals surface area (Å²) in [7, 11) is 0.